The molecule has 0 radical (unpaired) electrons. The average Bonchev–Trinajstić information content (AvgIpc) is 2.92. The predicted molar refractivity (Wildman–Crippen MR) is 65.6 cm³/mol. The van der Waals surface area contributed by atoms with Crippen LogP contribution in [0.4, 0.5) is 5.69 Å². The van der Waals surface area contributed by atoms with Crippen molar-refractivity contribution in [3.05, 3.63) is 24.0 Å². The fourth-order valence-corrected chi connectivity index (χ4v) is 3.26. The number of hydrogen-bond acceptors (Lipinski definition) is 4. The normalized spacial score (nSPS) is 30.5. The summed E-state index contributed by atoms with van der Waals surface area (Å²) in [6.07, 6.45) is 4.70. The Hall–Kier alpha value is -1.62. The molecule has 2 heterocycles. The lowest BCUT2D eigenvalue weighted by Crippen LogP contribution is -2.26. The lowest BCUT2D eigenvalue weighted by Gasteiger charge is -2.21. The molecule has 5 heteroatoms. The summed E-state index contributed by atoms with van der Waals surface area (Å²) in [6, 6.07) is 1.75. The second kappa shape index (κ2) is 4.24. The molecule has 1 saturated carbocycles. The molecule has 96 valence electrons. The molecule has 5 nitrogen and oxygen atoms in total. The Morgan fingerprint density at radius 3 is 2.94 bits per heavy atom. The van der Waals surface area contributed by atoms with Crippen LogP contribution in [-0.2, 0) is 0 Å². The number of aliphatic hydroxyl groups is 1. The van der Waals surface area contributed by atoms with Gasteiger partial charge >= 0.3 is 5.97 Å². The zero-order chi connectivity index (χ0) is 12.7. The maximum Gasteiger partial charge on any atom is 0.339 e. The molecular weight excluding hydrogens is 232 g/mol. The smallest absolute Gasteiger partial charge is 0.339 e. The maximum absolute atomic E-state index is 11.2. The molecule has 3 atom stereocenters. The number of anilines is 1. The van der Waals surface area contributed by atoms with Crippen molar-refractivity contribution in [1.82, 2.24) is 4.98 Å². The number of aliphatic hydroxyl groups excluding tert-OH is 1. The van der Waals surface area contributed by atoms with Gasteiger partial charge in [0.1, 0.15) is 5.56 Å². The molecule has 0 spiro atoms. The SMILES string of the molecule is O=C(O)c1cnccc1N1CC2CCC(O)C2C1. The van der Waals surface area contributed by atoms with Crippen LogP contribution in [0.2, 0.25) is 0 Å². The summed E-state index contributed by atoms with van der Waals surface area (Å²) >= 11 is 0. The van der Waals surface area contributed by atoms with Crippen LogP contribution >= 0.6 is 0 Å². The number of nitrogens with zero attached hydrogens (tertiary/aromatic N) is 2. The van der Waals surface area contributed by atoms with Crippen LogP contribution < -0.4 is 4.90 Å². The molecule has 1 aliphatic heterocycles. The summed E-state index contributed by atoms with van der Waals surface area (Å²) in [5, 5.41) is 19.1. The van der Waals surface area contributed by atoms with Crippen molar-refractivity contribution < 1.29 is 15.0 Å². The van der Waals surface area contributed by atoms with E-state index < -0.39 is 5.97 Å². The fraction of sp³-hybridized carbons (Fsp3) is 0.538. The molecule has 0 amide bonds. The highest BCUT2D eigenvalue weighted by Gasteiger charge is 2.42. The molecule has 1 aliphatic carbocycles. The van der Waals surface area contributed by atoms with Crippen molar-refractivity contribution in [2.45, 2.75) is 18.9 Å². The van der Waals surface area contributed by atoms with E-state index in [1.807, 2.05) is 0 Å². The van der Waals surface area contributed by atoms with E-state index in [4.69, 9.17) is 5.11 Å². The van der Waals surface area contributed by atoms with Gasteiger partial charge in [-0.2, -0.15) is 0 Å². The van der Waals surface area contributed by atoms with Gasteiger partial charge in [0.2, 0.25) is 0 Å². The molecule has 2 aliphatic rings. The van der Waals surface area contributed by atoms with E-state index in [1.54, 1.807) is 12.3 Å². The molecule has 1 aromatic rings. The van der Waals surface area contributed by atoms with Crippen molar-refractivity contribution >= 4 is 11.7 Å². The Bertz CT molecular complexity index is 477. The fourth-order valence-electron chi connectivity index (χ4n) is 3.26. The Labute approximate surface area is 105 Å². The minimum Gasteiger partial charge on any atom is -0.478 e. The average molecular weight is 248 g/mol. The maximum atomic E-state index is 11.2. The lowest BCUT2D eigenvalue weighted by molar-refractivity contribution is 0.0697. The first kappa shape index (κ1) is 11.5. The summed E-state index contributed by atoms with van der Waals surface area (Å²) in [4.78, 5) is 17.1. The molecule has 2 fully saturated rings. The molecule has 1 aromatic heterocycles. The van der Waals surface area contributed by atoms with E-state index in [2.05, 4.69) is 9.88 Å². The number of aromatic nitrogens is 1. The molecular formula is C13H16N2O3. The predicted octanol–water partition coefficient (Wildman–Crippen LogP) is 0.987. The lowest BCUT2D eigenvalue weighted by atomic mass is 10.00. The molecule has 0 bridgehead atoms. The minimum absolute atomic E-state index is 0.227. The molecule has 1 saturated heterocycles. The molecule has 3 rings (SSSR count). The molecule has 3 unspecified atom stereocenters. The quantitative estimate of drug-likeness (QED) is 0.816. The van der Waals surface area contributed by atoms with E-state index in [0.29, 0.717) is 11.8 Å². The van der Waals surface area contributed by atoms with E-state index in [1.165, 1.54) is 6.20 Å². The highest BCUT2D eigenvalue weighted by atomic mass is 16.4. The van der Waals surface area contributed by atoms with Crippen LogP contribution in [0.25, 0.3) is 0 Å². The monoisotopic (exact) mass is 248 g/mol. The van der Waals surface area contributed by atoms with Gasteiger partial charge in [-0.25, -0.2) is 4.79 Å². The van der Waals surface area contributed by atoms with Crippen molar-refractivity contribution in [2.75, 3.05) is 18.0 Å². The number of carboxylic acid groups (broad SMARTS) is 1. The number of pyridine rings is 1. The third-order valence-electron chi connectivity index (χ3n) is 4.19. The molecule has 0 aromatic carbocycles. The van der Waals surface area contributed by atoms with Gasteiger partial charge in [-0.05, 0) is 24.8 Å². The van der Waals surface area contributed by atoms with Crippen LogP contribution in [0.1, 0.15) is 23.2 Å². The topological polar surface area (TPSA) is 73.7 Å². The van der Waals surface area contributed by atoms with Crippen LogP contribution in [-0.4, -0.2) is 40.4 Å². The number of fused-ring (bicyclic) bond motifs is 1. The summed E-state index contributed by atoms with van der Waals surface area (Å²) in [5.74, 6) is -0.162. The second-order valence-electron chi connectivity index (χ2n) is 5.17. The van der Waals surface area contributed by atoms with Crippen LogP contribution in [0, 0.1) is 11.8 Å². The van der Waals surface area contributed by atoms with Crippen molar-refractivity contribution in [2.24, 2.45) is 11.8 Å². The first-order valence-electron chi connectivity index (χ1n) is 6.27. The van der Waals surface area contributed by atoms with E-state index >= 15 is 0 Å². The van der Waals surface area contributed by atoms with Crippen LogP contribution in [0.15, 0.2) is 18.5 Å². The summed E-state index contributed by atoms with van der Waals surface area (Å²) in [6.45, 7) is 1.59. The van der Waals surface area contributed by atoms with Gasteiger partial charge in [0.25, 0.3) is 0 Å². The van der Waals surface area contributed by atoms with Crippen LogP contribution in [0.5, 0.6) is 0 Å². The Morgan fingerprint density at radius 1 is 1.39 bits per heavy atom. The Balaban J connectivity index is 1.87. The van der Waals surface area contributed by atoms with Gasteiger partial charge < -0.3 is 15.1 Å². The minimum atomic E-state index is -0.948. The standard InChI is InChI=1S/C13H16N2O3/c16-12-2-1-8-6-15(7-10(8)12)11-3-4-14-5-9(11)13(17)18/h3-5,8,10,12,16H,1-2,6-7H2,(H,17,18). The summed E-state index contributed by atoms with van der Waals surface area (Å²) in [7, 11) is 0. The van der Waals surface area contributed by atoms with Crippen LogP contribution in [0.3, 0.4) is 0 Å². The highest BCUT2D eigenvalue weighted by molar-refractivity contribution is 5.94. The van der Waals surface area contributed by atoms with E-state index in [0.717, 1.165) is 31.6 Å². The number of aromatic carboxylic acids is 1. The zero-order valence-electron chi connectivity index (χ0n) is 9.99. The Morgan fingerprint density at radius 2 is 2.22 bits per heavy atom. The van der Waals surface area contributed by atoms with Gasteiger partial charge in [0, 0.05) is 31.4 Å². The number of carboxylic acids is 1. The van der Waals surface area contributed by atoms with Crippen molar-refractivity contribution in [3.8, 4) is 0 Å². The highest BCUT2D eigenvalue weighted by Crippen LogP contribution is 2.40. The second-order valence-corrected chi connectivity index (χ2v) is 5.17. The van der Waals surface area contributed by atoms with Gasteiger partial charge in [-0.1, -0.05) is 0 Å². The number of rotatable bonds is 2. The van der Waals surface area contributed by atoms with Crippen molar-refractivity contribution in [1.29, 1.82) is 0 Å². The largest absolute Gasteiger partial charge is 0.478 e. The Kier molecular flexibility index (Phi) is 2.70. The first-order valence-corrected chi connectivity index (χ1v) is 6.27. The van der Waals surface area contributed by atoms with Gasteiger partial charge in [0.05, 0.1) is 11.8 Å². The third kappa shape index (κ3) is 1.75. The third-order valence-corrected chi connectivity index (χ3v) is 4.19. The first-order chi connectivity index (χ1) is 8.66. The number of hydrogen-bond donors (Lipinski definition) is 2. The number of carbonyl (C=O) groups is 1. The van der Waals surface area contributed by atoms with E-state index in [-0.39, 0.29) is 11.7 Å². The van der Waals surface area contributed by atoms with Gasteiger partial charge in [-0.3, -0.25) is 4.98 Å². The van der Waals surface area contributed by atoms with Crippen molar-refractivity contribution in [3.63, 3.8) is 0 Å². The van der Waals surface area contributed by atoms with Gasteiger partial charge in [0.15, 0.2) is 0 Å². The summed E-state index contributed by atoms with van der Waals surface area (Å²) in [5.41, 5.74) is 0.964. The molecule has 2 N–H and O–H groups in total. The molecule has 18 heavy (non-hydrogen) atoms. The van der Waals surface area contributed by atoms with E-state index in [9.17, 15) is 9.90 Å². The zero-order valence-corrected chi connectivity index (χ0v) is 9.99. The van der Waals surface area contributed by atoms with Gasteiger partial charge in [-0.15, -0.1) is 0 Å². The summed E-state index contributed by atoms with van der Waals surface area (Å²) < 4.78 is 0.